The van der Waals surface area contributed by atoms with E-state index in [-0.39, 0.29) is 11.6 Å². The van der Waals surface area contributed by atoms with Crippen molar-refractivity contribution in [2.24, 2.45) is 4.99 Å². The van der Waals surface area contributed by atoms with E-state index in [0.717, 1.165) is 5.56 Å². The van der Waals surface area contributed by atoms with E-state index in [1.165, 1.54) is 28.8 Å². The molecule has 0 aromatic heterocycles. The van der Waals surface area contributed by atoms with E-state index in [4.69, 9.17) is 0 Å². The van der Waals surface area contributed by atoms with E-state index in [9.17, 15) is 14.9 Å². The van der Waals surface area contributed by atoms with Gasteiger partial charge in [-0.25, -0.2) is 4.99 Å². The fourth-order valence-electron chi connectivity index (χ4n) is 2.37. The summed E-state index contributed by atoms with van der Waals surface area (Å²) in [5.41, 5.74) is 1.29. The Labute approximate surface area is 154 Å². The summed E-state index contributed by atoms with van der Waals surface area (Å²) in [6.45, 7) is 3.99. The predicted octanol–water partition coefficient (Wildman–Crippen LogP) is 4.38. The van der Waals surface area contributed by atoms with Crippen LogP contribution in [0.5, 0.6) is 0 Å². The Kier molecular flexibility index (Phi) is 5.28. The number of carbonyl (C=O) groups is 1. The van der Waals surface area contributed by atoms with Gasteiger partial charge in [-0.05, 0) is 29.5 Å². The van der Waals surface area contributed by atoms with Crippen LogP contribution < -0.4 is 0 Å². The molecule has 0 N–H and O–H groups in total. The van der Waals surface area contributed by atoms with Gasteiger partial charge in [-0.2, -0.15) is 0 Å². The molecule has 1 saturated heterocycles. The van der Waals surface area contributed by atoms with Gasteiger partial charge in [0.15, 0.2) is 5.17 Å². The smallest absolute Gasteiger partial charge is 0.271 e. The lowest BCUT2D eigenvalue weighted by molar-refractivity contribution is -0.384. The number of carbonyl (C=O) groups excluding carboxylic acids is 1. The van der Waals surface area contributed by atoms with Crippen LogP contribution in [0.25, 0.3) is 6.08 Å². The second-order valence-corrected chi connectivity index (χ2v) is 6.41. The molecule has 1 amide bonds. The Bertz CT molecular complexity index is 923. The number of amides is 1. The van der Waals surface area contributed by atoms with Crippen LogP contribution in [0.1, 0.15) is 5.56 Å². The van der Waals surface area contributed by atoms with Crippen molar-refractivity contribution < 1.29 is 9.72 Å². The van der Waals surface area contributed by atoms with E-state index >= 15 is 0 Å². The van der Waals surface area contributed by atoms with Gasteiger partial charge in [-0.1, -0.05) is 42.5 Å². The second-order valence-electron chi connectivity index (χ2n) is 5.40. The summed E-state index contributed by atoms with van der Waals surface area (Å²) in [7, 11) is 0. The van der Waals surface area contributed by atoms with E-state index in [1.54, 1.807) is 24.3 Å². The average Bonchev–Trinajstić information content (AvgIpc) is 2.92. The Balaban J connectivity index is 1.96. The maximum Gasteiger partial charge on any atom is 0.271 e. The quantitative estimate of drug-likeness (QED) is 0.341. The molecule has 1 aliphatic heterocycles. The summed E-state index contributed by atoms with van der Waals surface area (Å²) < 4.78 is 0. The predicted molar refractivity (Wildman–Crippen MR) is 104 cm³/mol. The number of hydrogen-bond acceptors (Lipinski definition) is 5. The van der Waals surface area contributed by atoms with Gasteiger partial charge in [0, 0.05) is 18.7 Å². The molecule has 26 heavy (non-hydrogen) atoms. The highest BCUT2D eigenvalue weighted by molar-refractivity contribution is 8.18. The topological polar surface area (TPSA) is 75.8 Å². The van der Waals surface area contributed by atoms with Crippen molar-refractivity contribution in [3.05, 3.63) is 87.8 Å². The number of nitro benzene ring substituents is 1. The Morgan fingerprint density at radius 3 is 2.65 bits per heavy atom. The Hall–Kier alpha value is -3.19. The summed E-state index contributed by atoms with van der Waals surface area (Å²) in [5.74, 6) is -0.164. The molecule has 2 aromatic rings. The number of thioether (sulfide) groups is 1. The minimum absolute atomic E-state index is 0.0449. The van der Waals surface area contributed by atoms with Gasteiger partial charge in [0.05, 0.1) is 15.5 Å². The Morgan fingerprint density at radius 2 is 1.96 bits per heavy atom. The molecule has 0 spiro atoms. The summed E-state index contributed by atoms with van der Waals surface area (Å²) in [6.07, 6.45) is 3.42. The summed E-state index contributed by atoms with van der Waals surface area (Å²) in [6, 6.07) is 15.5. The molecule has 0 radical (unpaired) electrons. The standard InChI is InChI=1S/C19H15N3O3S/c1-2-11-21-18(23)17(12-14-7-4-3-5-8-14)26-19(21)20-15-9-6-10-16(13-15)22(24)25/h2-10,12-13H,1,11H2. The molecule has 2 aromatic carbocycles. The number of nitro groups is 1. The van der Waals surface area contributed by atoms with Crippen molar-refractivity contribution >= 4 is 40.3 Å². The lowest BCUT2D eigenvalue weighted by Gasteiger charge is -2.12. The molecule has 0 unspecified atom stereocenters. The van der Waals surface area contributed by atoms with E-state index < -0.39 is 4.92 Å². The minimum atomic E-state index is -0.473. The molecular weight excluding hydrogens is 350 g/mol. The highest BCUT2D eigenvalue weighted by Crippen LogP contribution is 2.34. The maximum absolute atomic E-state index is 12.7. The molecule has 130 valence electrons. The lowest BCUT2D eigenvalue weighted by atomic mass is 10.2. The molecule has 7 heteroatoms. The first-order valence-electron chi connectivity index (χ1n) is 7.79. The van der Waals surface area contributed by atoms with Crippen LogP contribution >= 0.6 is 11.8 Å². The molecule has 1 fully saturated rings. The number of non-ortho nitro benzene ring substituents is 1. The zero-order valence-corrected chi connectivity index (χ0v) is 14.6. The van der Waals surface area contributed by atoms with Crippen LogP contribution in [0.3, 0.4) is 0 Å². The van der Waals surface area contributed by atoms with Gasteiger partial charge in [0.25, 0.3) is 11.6 Å². The molecule has 6 nitrogen and oxygen atoms in total. The van der Waals surface area contributed by atoms with Gasteiger partial charge in [0.2, 0.25) is 0 Å². The van der Waals surface area contributed by atoms with Crippen LogP contribution in [0, 0.1) is 10.1 Å². The fourth-order valence-corrected chi connectivity index (χ4v) is 3.38. The van der Waals surface area contributed by atoms with Gasteiger partial charge < -0.3 is 0 Å². The van der Waals surface area contributed by atoms with Gasteiger partial charge in [-0.3, -0.25) is 19.8 Å². The average molecular weight is 365 g/mol. The molecule has 0 saturated carbocycles. The highest BCUT2D eigenvalue weighted by Gasteiger charge is 2.32. The SMILES string of the molecule is C=CCN1C(=O)C(=Cc2ccccc2)SC1=Nc1cccc([N+](=O)[O-])c1. The van der Waals surface area contributed by atoms with Crippen molar-refractivity contribution in [2.75, 3.05) is 6.54 Å². The molecule has 0 aliphatic carbocycles. The summed E-state index contributed by atoms with van der Waals surface area (Å²) in [5, 5.41) is 11.4. The van der Waals surface area contributed by atoms with Crippen LogP contribution in [-0.4, -0.2) is 27.4 Å². The number of hydrogen-bond donors (Lipinski definition) is 0. The summed E-state index contributed by atoms with van der Waals surface area (Å²) in [4.78, 5) is 29.6. The number of benzene rings is 2. The summed E-state index contributed by atoms with van der Waals surface area (Å²) >= 11 is 1.24. The van der Waals surface area contributed by atoms with Crippen LogP contribution in [0.15, 0.2) is 77.1 Å². The maximum atomic E-state index is 12.7. The van der Waals surface area contributed by atoms with E-state index in [1.807, 2.05) is 30.3 Å². The van der Waals surface area contributed by atoms with Crippen LogP contribution in [0.2, 0.25) is 0 Å². The van der Waals surface area contributed by atoms with Crippen molar-refractivity contribution in [1.82, 2.24) is 4.90 Å². The first kappa shape index (κ1) is 17.6. The lowest BCUT2D eigenvalue weighted by Crippen LogP contribution is -2.29. The van der Waals surface area contributed by atoms with E-state index in [0.29, 0.717) is 22.3 Å². The zero-order chi connectivity index (χ0) is 18.5. The first-order chi connectivity index (χ1) is 12.6. The molecule has 3 rings (SSSR count). The van der Waals surface area contributed by atoms with Crippen molar-refractivity contribution in [1.29, 1.82) is 0 Å². The molecule has 0 atom stereocenters. The third-order valence-corrected chi connectivity index (χ3v) is 4.57. The number of amidine groups is 1. The number of aliphatic imine (C=N–C) groups is 1. The second kappa shape index (κ2) is 7.79. The van der Waals surface area contributed by atoms with Crippen LogP contribution in [-0.2, 0) is 4.79 Å². The van der Waals surface area contributed by atoms with Gasteiger partial charge >= 0.3 is 0 Å². The largest absolute Gasteiger partial charge is 0.283 e. The highest BCUT2D eigenvalue weighted by atomic mass is 32.2. The Morgan fingerprint density at radius 1 is 1.19 bits per heavy atom. The van der Waals surface area contributed by atoms with Gasteiger partial charge in [-0.15, -0.1) is 6.58 Å². The third-order valence-electron chi connectivity index (χ3n) is 3.56. The van der Waals surface area contributed by atoms with Crippen molar-refractivity contribution in [3.63, 3.8) is 0 Å². The van der Waals surface area contributed by atoms with Gasteiger partial charge in [0.1, 0.15) is 0 Å². The molecular formula is C19H15N3O3S. The van der Waals surface area contributed by atoms with Crippen molar-refractivity contribution in [2.45, 2.75) is 0 Å². The minimum Gasteiger partial charge on any atom is -0.283 e. The van der Waals surface area contributed by atoms with E-state index in [2.05, 4.69) is 11.6 Å². The van der Waals surface area contributed by atoms with Crippen molar-refractivity contribution in [3.8, 4) is 0 Å². The molecule has 1 heterocycles. The number of nitrogens with zero attached hydrogens (tertiary/aromatic N) is 3. The normalized spacial score (nSPS) is 17.1. The fraction of sp³-hybridized carbons (Fsp3) is 0.0526. The zero-order valence-electron chi connectivity index (χ0n) is 13.7. The molecule has 0 bridgehead atoms. The van der Waals surface area contributed by atoms with Crippen LogP contribution in [0.4, 0.5) is 11.4 Å². The first-order valence-corrected chi connectivity index (χ1v) is 8.60. The molecule has 1 aliphatic rings. The third kappa shape index (κ3) is 3.89. The number of rotatable bonds is 5. The monoisotopic (exact) mass is 365 g/mol.